The highest BCUT2D eigenvalue weighted by molar-refractivity contribution is 5.98. The molecule has 8 heteroatoms. The monoisotopic (exact) mass is 845 g/mol. The van der Waals surface area contributed by atoms with Crippen LogP contribution in [0.5, 0.6) is 0 Å². The Bertz CT molecular complexity index is 2480. The van der Waals surface area contributed by atoms with Crippen LogP contribution in [0.25, 0.3) is 11.1 Å². The summed E-state index contributed by atoms with van der Waals surface area (Å²) in [6.07, 6.45) is 1.15. The van der Waals surface area contributed by atoms with Crippen molar-refractivity contribution < 1.29 is 19.1 Å². The first-order valence-electron chi connectivity index (χ1n) is 22.0. The lowest BCUT2D eigenvalue weighted by atomic mass is 9.77. The van der Waals surface area contributed by atoms with Crippen molar-refractivity contribution in [2.75, 3.05) is 18.5 Å². The van der Waals surface area contributed by atoms with E-state index in [0.29, 0.717) is 31.5 Å². The third-order valence-electron chi connectivity index (χ3n) is 12.0. The number of ether oxygens (including phenoxy) is 1. The van der Waals surface area contributed by atoms with Gasteiger partial charge in [-0.25, -0.2) is 4.79 Å². The van der Waals surface area contributed by atoms with Crippen LogP contribution in [-0.2, 0) is 26.3 Å². The van der Waals surface area contributed by atoms with E-state index < -0.39 is 29.6 Å². The van der Waals surface area contributed by atoms with E-state index in [1.807, 2.05) is 84.9 Å². The highest BCUT2D eigenvalue weighted by Gasteiger charge is 2.36. The lowest BCUT2D eigenvalue weighted by molar-refractivity contribution is -0.128. The number of rotatable bonds is 18. The molecule has 3 amide bonds. The second-order valence-corrected chi connectivity index (χ2v) is 16.2. The summed E-state index contributed by atoms with van der Waals surface area (Å²) < 4.78 is 5.89. The van der Waals surface area contributed by atoms with Crippen molar-refractivity contribution in [3.63, 3.8) is 0 Å². The lowest BCUT2D eigenvalue weighted by Crippen LogP contribution is -2.53. The van der Waals surface area contributed by atoms with Crippen LogP contribution in [0.3, 0.4) is 0 Å². The molecule has 0 bridgehead atoms. The van der Waals surface area contributed by atoms with Gasteiger partial charge >= 0.3 is 6.09 Å². The zero-order valence-electron chi connectivity index (χ0n) is 35.8. The van der Waals surface area contributed by atoms with Gasteiger partial charge in [0.2, 0.25) is 11.8 Å². The Morgan fingerprint density at radius 1 is 0.547 bits per heavy atom. The van der Waals surface area contributed by atoms with Crippen molar-refractivity contribution in [2.45, 2.75) is 49.2 Å². The molecule has 321 valence electrons. The van der Waals surface area contributed by atoms with Crippen LogP contribution in [0.2, 0.25) is 0 Å². The first kappa shape index (κ1) is 43.4. The van der Waals surface area contributed by atoms with Crippen LogP contribution in [0, 0.1) is 6.92 Å². The Labute approximate surface area is 376 Å². The van der Waals surface area contributed by atoms with Crippen LogP contribution < -0.4 is 21.3 Å². The maximum absolute atomic E-state index is 14.4. The molecular formula is C56H53N4O4. The molecule has 7 aromatic carbocycles. The highest BCUT2D eigenvalue weighted by Crippen LogP contribution is 2.44. The normalized spacial score (nSPS) is 12.9. The molecule has 0 aliphatic heterocycles. The van der Waals surface area contributed by atoms with Gasteiger partial charge in [0.25, 0.3) is 0 Å². The molecule has 1 aliphatic rings. The number of anilines is 1. The molecule has 0 spiro atoms. The second-order valence-electron chi connectivity index (χ2n) is 16.2. The third-order valence-corrected chi connectivity index (χ3v) is 12.0. The SMILES string of the molecule is [CH2]c1ccc(NC(=O)[C@H](CCCCNC(c2ccccc2)(c2ccccc2)c2ccccc2)NC(=O)[C@H](Cc2ccccc2)NC(=O)OCC2c3ccccc3-c3ccccc32)cc1. The molecule has 0 aromatic heterocycles. The van der Waals surface area contributed by atoms with E-state index in [4.69, 9.17) is 4.74 Å². The summed E-state index contributed by atoms with van der Waals surface area (Å²) in [5.74, 6) is -0.983. The van der Waals surface area contributed by atoms with E-state index >= 15 is 0 Å². The Balaban J connectivity index is 0.983. The van der Waals surface area contributed by atoms with Crippen molar-refractivity contribution >= 4 is 23.6 Å². The largest absolute Gasteiger partial charge is 0.449 e. The van der Waals surface area contributed by atoms with Gasteiger partial charge in [0, 0.05) is 18.0 Å². The average Bonchev–Trinajstić information content (AvgIpc) is 3.66. The fraction of sp³-hybridized carbons (Fsp3) is 0.179. The molecule has 1 radical (unpaired) electrons. The molecule has 0 fully saturated rings. The average molecular weight is 846 g/mol. The number of hydrogen-bond acceptors (Lipinski definition) is 5. The molecule has 1 aliphatic carbocycles. The van der Waals surface area contributed by atoms with Crippen LogP contribution in [0.1, 0.15) is 64.1 Å². The van der Waals surface area contributed by atoms with Gasteiger partial charge in [-0.05, 0) is 94.9 Å². The van der Waals surface area contributed by atoms with Crippen molar-refractivity contribution in [1.29, 1.82) is 0 Å². The highest BCUT2D eigenvalue weighted by atomic mass is 16.5. The third kappa shape index (κ3) is 10.1. The van der Waals surface area contributed by atoms with Gasteiger partial charge in [0.1, 0.15) is 18.7 Å². The summed E-state index contributed by atoms with van der Waals surface area (Å²) in [4.78, 5) is 42.1. The van der Waals surface area contributed by atoms with Crippen LogP contribution in [0.15, 0.2) is 194 Å². The van der Waals surface area contributed by atoms with Crippen LogP contribution in [0.4, 0.5) is 10.5 Å². The summed E-state index contributed by atoms with van der Waals surface area (Å²) in [5.41, 5.74) is 9.38. The number of hydrogen-bond donors (Lipinski definition) is 4. The summed E-state index contributed by atoms with van der Waals surface area (Å²) >= 11 is 0. The number of nitrogens with one attached hydrogen (secondary N) is 4. The predicted octanol–water partition coefficient (Wildman–Crippen LogP) is 10.2. The fourth-order valence-electron chi connectivity index (χ4n) is 8.82. The van der Waals surface area contributed by atoms with E-state index in [1.54, 1.807) is 12.1 Å². The first-order valence-corrected chi connectivity index (χ1v) is 22.0. The molecule has 4 N–H and O–H groups in total. The quantitative estimate of drug-likeness (QED) is 0.0508. The molecular weight excluding hydrogens is 793 g/mol. The second kappa shape index (κ2) is 20.7. The smallest absolute Gasteiger partial charge is 0.407 e. The molecule has 0 saturated carbocycles. The van der Waals surface area contributed by atoms with E-state index in [9.17, 15) is 14.4 Å². The van der Waals surface area contributed by atoms with E-state index in [0.717, 1.165) is 50.1 Å². The Morgan fingerprint density at radius 3 is 1.59 bits per heavy atom. The van der Waals surface area contributed by atoms with E-state index in [2.05, 4.69) is 125 Å². The Hall–Kier alpha value is -7.29. The molecule has 64 heavy (non-hydrogen) atoms. The fourth-order valence-corrected chi connectivity index (χ4v) is 8.82. The maximum atomic E-state index is 14.4. The number of fused-ring (bicyclic) bond motifs is 3. The summed E-state index contributed by atoms with van der Waals surface area (Å²) in [5, 5.41) is 12.8. The minimum absolute atomic E-state index is 0.102. The van der Waals surface area contributed by atoms with Gasteiger partial charge in [-0.1, -0.05) is 182 Å². The summed E-state index contributed by atoms with van der Waals surface area (Å²) in [6.45, 7) is 4.68. The molecule has 0 unspecified atom stereocenters. The molecule has 8 rings (SSSR count). The van der Waals surface area contributed by atoms with Gasteiger partial charge < -0.3 is 20.7 Å². The van der Waals surface area contributed by atoms with Crippen LogP contribution in [-0.4, -0.2) is 43.1 Å². The number of amides is 3. The Morgan fingerprint density at radius 2 is 1.05 bits per heavy atom. The number of carbonyl (C=O) groups is 3. The Kier molecular flexibility index (Phi) is 14.0. The zero-order chi connectivity index (χ0) is 44.1. The van der Waals surface area contributed by atoms with Gasteiger partial charge in [-0.15, -0.1) is 0 Å². The van der Waals surface area contributed by atoms with Crippen molar-refractivity contribution in [3.05, 3.63) is 240 Å². The molecule has 8 nitrogen and oxygen atoms in total. The van der Waals surface area contributed by atoms with Crippen LogP contribution >= 0.6 is 0 Å². The zero-order valence-corrected chi connectivity index (χ0v) is 35.8. The van der Waals surface area contributed by atoms with Crippen molar-refractivity contribution in [3.8, 4) is 11.1 Å². The van der Waals surface area contributed by atoms with E-state index in [1.165, 1.54) is 0 Å². The number of alkyl carbamates (subject to hydrolysis) is 1. The number of unbranched alkanes of at least 4 members (excludes halogenated alkanes) is 1. The van der Waals surface area contributed by atoms with Gasteiger partial charge in [-0.3, -0.25) is 14.9 Å². The van der Waals surface area contributed by atoms with E-state index in [-0.39, 0.29) is 24.9 Å². The standard InChI is InChI=1S/C56H53N4O4/c1-40-33-35-45(36-34-40)58-53(61)51(32-18-19-37-57-56(42-22-8-3-9-23-42,43-24-10-4-11-25-43)44-26-12-5-13-27-44)59-54(62)52(38-41-20-6-2-7-21-41)60-55(63)64-39-50-48-30-16-14-28-46(48)47-29-15-17-31-49(47)50/h2-17,20-31,33-36,50-52,57H,1,18-19,32,37-39H2,(H,58,61)(H,59,62)(H,60,63)/t51-,52-/m0/s1. The maximum Gasteiger partial charge on any atom is 0.407 e. The summed E-state index contributed by atoms with van der Waals surface area (Å²) in [6, 6.07) is 62.4. The molecule has 7 aromatic rings. The molecule has 2 atom stereocenters. The molecule has 0 heterocycles. The predicted molar refractivity (Wildman–Crippen MR) is 255 cm³/mol. The molecule has 0 saturated heterocycles. The first-order chi connectivity index (χ1) is 31.4. The van der Waals surface area contributed by atoms with Crippen molar-refractivity contribution in [1.82, 2.24) is 16.0 Å². The van der Waals surface area contributed by atoms with Gasteiger partial charge in [-0.2, -0.15) is 0 Å². The number of carbonyl (C=O) groups excluding carboxylic acids is 3. The lowest BCUT2D eigenvalue weighted by Gasteiger charge is -2.37. The minimum atomic E-state index is -1.02. The van der Waals surface area contributed by atoms with Gasteiger partial charge in [0.15, 0.2) is 0 Å². The number of benzene rings is 7. The minimum Gasteiger partial charge on any atom is -0.449 e. The van der Waals surface area contributed by atoms with Gasteiger partial charge in [0.05, 0.1) is 5.54 Å². The topological polar surface area (TPSA) is 109 Å². The summed E-state index contributed by atoms with van der Waals surface area (Å²) in [7, 11) is 0. The van der Waals surface area contributed by atoms with Crippen molar-refractivity contribution in [2.24, 2.45) is 0 Å².